The van der Waals surface area contributed by atoms with Crippen molar-refractivity contribution in [1.82, 2.24) is 9.80 Å². The van der Waals surface area contributed by atoms with E-state index < -0.39 is 0 Å². The Kier molecular flexibility index (Phi) is 24.8. The summed E-state index contributed by atoms with van der Waals surface area (Å²) in [7, 11) is 0. The van der Waals surface area contributed by atoms with Crippen LogP contribution in [0.15, 0.2) is 48.6 Å². The van der Waals surface area contributed by atoms with E-state index in [1.54, 1.807) is 116 Å². The average molecular weight is 1310 g/mol. The Morgan fingerprint density at radius 3 is 0.562 bits per heavy atom. The van der Waals surface area contributed by atoms with Gasteiger partial charge in [0, 0.05) is 36.3 Å². The number of rotatable bonds is 16. The van der Waals surface area contributed by atoms with Crippen LogP contribution in [0.25, 0.3) is 0 Å². The molecule has 540 valence electrons. The van der Waals surface area contributed by atoms with E-state index in [0.717, 1.165) is 178 Å². The molecule has 0 aromatic carbocycles. The Balaban J connectivity index is 0.656. The summed E-state index contributed by atoms with van der Waals surface area (Å²) in [6, 6.07) is 5.12. The van der Waals surface area contributed by atoms with Crippen LogP contribution in [-0.2, 0) is 0 Å². The monoisotopic (exact) mass is 1310 g/mol. The lowest BCUT2D eigenvalue weighted by atomic mass is 9.42. The van der Waals surface area contributed by atoms with Gasteiger partial charge in [-0.2, -0.15) is 0 Å². The zero-order valence-electron chi connectivity index (χ0n) is 63.6. The molecule has 12 unspecified atom stereocenters. The molecule has 0 N–H and O–H groups in total. The fraction of sp³-hybridized carbons (Fsp3) is 0.915. The third-order valence-electron chi connectivity index (χ3n) is 34.4. The lowest BCUT2D eigenvalue weighted by Gasteiger charge is -2.64. The molecule has 0 spiro atoms. The first-order valence-electron chi connectivity index (χ1n) is 45.5. The van der Waals surface area contributed by atoms with Crippen molar-refractivity contribution in [2.24, 2.45) is 142 Å². The topological polar surface area (TPSA) is 6.48 Å². The van der Waals surface area contributed by atoms with Crippen LogP contribution in [0.2, 0.25) is 0 Å². The smallest absolute Gasteiger partial charge is 0.0132 e. The number of allylic oxidation sites excluding steroid dienone is 8. The summed E-state index contributed by atoms with van der Waals surface area (Å²) in [6.07, 6.45) is 101. The maximum absolute atomic E-state index is 3.49. The van der Waals surface area contributed by atoms with Crippen LogP contribution < -0.4 is 0 Å². The quantitative estimate of drug-likeness (QED) is 0.142. The van der Waals surface area contributed by atoms with Crippen molar-refractivity contribution in [2.45, 2.75) is 398 Å². The van der Waals surface area contributed by atoms with Gasteiger partial charge in [-0.3, -0.25) is 9.80 Å². The molecule has 0 saturated heterocycles. The molecule has 0 heterocycles. The predicted molar refractivity (Wildman–Crippen MR) is 410 cm³/mol. The molecule has 15 aliphatic rings. The second-order valence-corrected chi connectivity index (χ2v) is 40.0. The predicted octanol–water partition coefficient (Wildman–Crippen LogP) is 26.4. The maximum Gasteiger partial charge on any atom is 0.0132 e. The summed E-state index contributed by atoms with van der Waals surface area (Å²) in [5.41, 5.74) is 0. The van der Waals surface area contributed by atoms with E-state index in [2.05, 4.69) is 86.1 Å². The summed E-state index contributed by atoms with van der Waals surface area (Å²) in [6.45, 7) is 10.0. The number of nitrogens with zero attached hydrogens (tertiary/aromatic N) is 2. The second-order valence-electron chi connectivity index (χ2n) is 40.0. The van der Waals surface area contributed by atoms with Gasteiger partial charge in [-0.15, -0.1) is 0 Å². The molecule has 15 saturated carbocycles. The normalized spacial score (nSPS) is 48.8. The van der Waals surface area contributed by atoms with Crippen molar-refractivity contribution in [3.63, 3.8) is 0 Å². The van der Waals surface area contributed by atoms with Crippen LogP contribution in [-0.4, -0.2) is 46.1 Å². The molecule has 15 rings (SSSR count). The van der Waals surface area contributed by atoms with Gasteiger partial charge >= 0.3 is 0 Å². The molecule has 15 aliphatic carbocycles. The molecule has 0 aliphatic heterocycles. The standard InChI is InChI=1S/C94H154N2/c1-65-21-29-69(30-22-65)37-41-73-45-53-77(54-46-73)95(78-55-47-74(48-56-78)42-38-70-31-23-66(2)24-32-70)91-63-61-89(81-13-5-7-15-83(81)91)93-85-17-9-11-19-87(85)94(88-20-12-10-18-86(88)93)90-62-64-92(84-16-8-6-14-82(84)90)96(79-57-49-75(50-58-79)43-39-71-33-25-67(3)26-34-71)80-59-51-76(52-60-80)44-40-72-35-27-68(4)28-36-72/h37-44,65-94H,5-36,45-64H2,1-4H3. The van der Waals surface area contributed by atoms with Gasteiger partial charge in [-0.05, 0) is 373 Å². The molecule has 15 fully saturated rings. The molecule has 0 bridgehead atoms. The van der Waals surface area contributed by atoms with Crippen LogP contribution in [0, 0.1) is 142 Å². The lowest BCUT2D eigenvalue weighted by molar-refractivity contribution is -0.156. The van der Waals surface area contributed by atoms with Crippen LogP contribution in [0.4, 0.5) is 0 Å². The second kappa shape index (κ2) is 33.8. The Morgan fingerprint density at radius 2 is 0.344 bits per heavy atom. The molecule has 0 aromatic rings. The van der Waals surface area contributed by atoms with Gasteiger partial charge in [0.15, 0.2) is 0 Å². The van der Waals surface area contributed by atoms with Crippen LogP contribution in [0.1, 0.15) is 362 Å². The first-order chi connectivity index (χ1) is 47.2. The van der Waals surface area contributed by atoms with E-state index in [4.69, 9.17) is 0 Å². The zero-order chi connectivity index (χ0) is 64.9. The molecule has 0 aromatic heterocycles. The average Bonchev–Trinajstić information content (AvgIpc) is 0.721. The SMILES string of the molecule is CC1CCC(C=CC2CCC(N(C3CCC(C=CC4CCC(C)CC4)CC3)C3CCC(C4C5CCCCC5C(C5CCC(N(C6CCC(C=CC7CCC(C)CC7)CC6)C6CCC(C=CC7CCC(C)CC7)CC6)C6CCCCC56)C5CCCCC54)C4CCCCC43)CC2)CC1. The Bertz CT molecular complexity index is 2120. The minimum atomic E-state index is 0.842. The highest BCUT2D eigenvalue weighted by Gasteiger charge is 2.60. The summed E-state index contributed by atoms with van der Waals surface area (Å²) >= 11 is 0. The van der Waals surface area contributed by atoms with Crippen molar-refractivity contribution in [3.8, 4) is 0 Å². The number of fused-ring (bicyclic) bond motifs is 4. The van der Waals surface area contributed by atoms with Crippen molar-refractivity contribution < 1.29 is 0 Å². The van der Waals surface area contributed by atoms with Gasteiger partial charge in [-0.1, -0.05) is 179 Å². The van der Waals surface area contributed by atoms with E-state index in [-0.39, 0.29) is 0 Å². The summed E-state index contributed by atoms with van der Waals surface area (Å²) in [5.74, 6) is 23.1. The molecule has 2 nitrogen and oxygen atoms in total. The van der Waals surface area contributed by atoms with Gasteiger partial charge in [0.1, 0.15) is 0 Å². The summed E-state index contributed by atoms with van der Waals surface area (Å²) in [5, 5.41) is 0. The lowest BCUT2D eigenvalue weighted by Crippen LogP contribution is -2.61. The molecule has 0 radical (unpaired) electrons. The van der Waals surface area contributed by atoms with Crippen LogP contribution in [0.5, 0.6) is 0 Å². The van der Waals surface area contributed by atoms with Gasteiger partial charge in [0.2, 0.25) is 0 Å². The van der Waals surface area contributed by atoms with Gasteiger partial charge < -0.3 is 0 Å². The number of hydrogen-bond acceptors (Lipinski definition) is 2. The third-order valence-corrected chi connectivity index (χ3v) is 34.4. The van der Waals surface area contributed by atoms with E-state index in [0.29, 0.717) is 0 Å². The Morgan fingerprint density at radius 1 is 0.167 bits per heavy atom. The fourth-order valence-electron chi connectivity index (χ4n) is 29.1. The minimum Gasteiger partial charge on any atom is -0.294 e. The molecular weight excluding hydrogens is 1160 g/mol. The minimum absolute atomic E-state index is 0.842. The molecule has 96 heavy (non-hydrogen) atoms. The van der Waals surface area contributed by atoms with Gasteiger partial charge in [0.25, 0.3) is 0 Å². The van der Waals surface area contributed by atoms with Crippen molar-refractivity contribution in [3.05, 3.63) is 48.6 Å². The molecule has 2 heteroatoms. The highest BCUT2D eigenvalue weighted by atomic mass is 15.2. The van der Waals surface area contributed by atoms with Crippen molar-refractivity contribution in [2.75, 3.05) is 0 Å². The zero-order valence-corrected chi connectivity index (χ0v) is 63.6. The largest absolute Gasteiger partial charge is 0.294 e. The van der Waals surface area contributed by atoms with Gasteiger partial charge in [-0.25, -0.2) is 0 Å². The summed E-state index contributed by atoms with van der Waals surface area (Å²) < 4.78 is 0. The van der Waals surface area contributed by atoms with Crippen LogP contribution >= 0.6 is 0 Å². The molecular formula is C94H154N2. The van der Waals surface area contributed by atoms with Crippen molar-refractivity contribution in [1.29, 1.82) is 0 Å². The first kappa shape index (κ1) is 70.5. The third kappa shape index (κ3) is 16.7. The van der Waals surface area contributed by atoms with E-state index >= 15 is 0 Å². The van der Waals surface area contributed by atoms with E-state index in [1.807, 2.05) is 0 Å². The van der Waals surface area contributed by atoms with E-state index in [1.165, 1.54) is 218 Å². The molecule has 0 amide bonds. The highest BCUT2D eigenvalue weighted by molar-refractivity contribution is 5.12. The first-order valence-corrected chi connectivity index (χ1v) is 45.5. The summed E-state index contributed by atoms with van der Waals surface area (Å²) in [4.78, 5) is 6.99. The van der Waals surface area contributed by atoms with Gasteiger partial charge in [0.05, 0.1) is 0 Å². The number of hydrogen-bond donors (Lipinski definition) is 0. The van der Waals surface area contributed by atoms with E-state index in [9.17, 15) is 0 Å². The highest BCUT2D eigenvalue weighted by Crippen LogP contribution is 2.66. The Labute approximate surface area is 594 Å². The maximum atomic E-state index is 3.49. The Hall–Kier alpha value is -1.12. The fourth-order valence-corrected chi connectivity index (χ4v) is 29.1. The molecule has 12 atom stereocenters. The van der Waals surface area contributed by atoms with Crippen molar-refractivity contribution >= 4 is 0 Å². The van der Waals surface area contributed by atoms with Crippen LogP contribution in [0.3, 0.4) is 0 Å².